The lowest BCUT2D eigenvalue weighted by Crippen LogP contribution is -2.20. The molecule has 1 N–H and O–H groups in total. The van der Waals surface area contributed by atoms with Gasteiger partial charge in [0.05, 0.1) is 0 Å². The number of hydrogen-bond donors (Lipinski definition) is 1. The van der Waals surface area contributed by atoms with Crippen molar-refractivity contribution < 1.29 is 0 Å². The molecule has 0 amide bonds. The minimum absolute atomic E-state index is 0.530. The van der Waals surface area contributed by atoms with Crippen molar-refractivity contribution in [3.63, 3.8) is 0 Å². The van der Waals surface area contributed by atoms with Crippen LogP contribution < -0.4 is 5.32 Å². The molecular formula is C13H19N. The summed E-state index contributed by atoms with van der Waals surface area (Å²) in [6, 6.07) is 9.32. The highest BCUT2D eigenvalue weighted by Crippen LogP contribution is 2.44. The first-order valence-corrected chi connectivity index (χ1v) is 5.37. The molecule has 1 aromatic carbocycles. The summed E-state index contributed by atoms with van der Waals surface area (Å²) < 4.78 is 0. The van der Waals surface area contributed by atoms with E-state index in [0.29, 0.717) is 5.41 Å². The number of aryl methyl sites for hydroxylation is 1. The lowest BCUT2D eigenvalue weighted by Gasteiger charge is -2.08. The molecule has 1 fully saturated rings. The van der Waals surface area contributed by atoms with Gasteiger partial charge in [-0.15, -0.1) is 0 Å². The molecule has 0 aromatic heterocycles. The van der Waals surface area contributed by atoms with E-state index in [2.05, 4.69) is 50.4 Å². The minimum atomic E-state index is 0.530. The smallest absolute Gasteiger partial charge is 0.0210 e. The van der Waals surface area contributed by atoms with Crippen molar-refractivity contribution in [3.8, 4) is 0 Å². The van der Waals surface area contributed by atoms with E-state index in [9.17, 15) is 0 Å². The van der Waals surface area contributed by atoms with Crippen molar-refractivity contribution in [1.82, 2.24) is 5.32 Å². The summed E-state index contributed by atoms with van der Waals surface area (Å²) in [5.41, 5.74) is 3.34. The Kier molecular flexibility index (Phi) is 2.36. The van der Waals surface area contributed by atoms with Crippen LogP contribution in [0.15, 0.2) is 24.3 Å². The van der Waals surface area contributed by atoms with E-state index < -0.39 is 0 Å². The molecule has 1 aliphatic carbocycles. The maximum Gasteiger partial charge on any atom is 0.0210 e. The average Bonchev–Trinajstić information content (AvgIpc) is 2.73. The van der Waals surface area contributed by atoms with Gasteiger partial charge in [-0.1, -0.05) is 38.1 Å². The Labute approximate surface area is 86.5 Å². The summed E-state index contributed by atoms with van der Waals surface area (Å²) >= 11 is 0. The molecule has 1 heteroatoms. The average molecular weight is 189 g/mol. The van der Waals surface area contributed by atoms with Gasteiger partial charge in [0, 0.05) is 12.6 Å². The van der Waals surface area contributed by atoms with Crippen LogP contribution in [0.3, 0.4) is 0 Å². The first kappa shape index (κ1) is 9.72. The van der Waals surface area contributed by atoms with Crippen LogP contribution in [-0.2, 0) is 6.54 Å². The normalized spacial score (nSPS) is 23.5. The third kappa shape index (κ3) is 1.98. The summed E-state index contributed by atoms with van der Waals surface area (Å²) in [5, 5.41) is 3.60. The first-order valence-electron chi connectivity index (χ1n) is 5.37. The van der Waals surface area contributed by atoms with Gasteiger partial charge in [-0.05, 0) is 29.9 Å². The molecule has 76 valence electrons. The third-order valence-corrected chi connectivity index (χ3v) is 3.31. The molecule has 0 heterocycles. The second-order valence-corrected chi connectivity index (χ2v) is 5.05. The van der Waals surface area contributed by atoms with Crippen molar-refractivity contribution in [2.75, 3.05) is 0 Å². The highest BCUT2D eigenvalue weighted by atomic mass is 15.0. The SMILES string of the molecule is Cc1ccccc1CNC1CC1(C)C. The van der Waals surface area contributed by atoms with E-state index >= 15 is 0 Å². The molecule has 0 aliphatic heterocycles. The lowest BCUT2D eigenvalue weighted by molar-refractivity contribution is 0.541. The van der Waals surface area contributed by atoms with Crippen molar-refractivity contribution in [3.05, 3.63) is 35.4 Å². The van der Waals surface area contributed by atoms with Gasteiger partial charge in [-0.25, -0.2) is 0 Å². The molecule has 1 unspecified atom stereocenters. The lowest BCUT2D eigenvalue weighted by atomic mass is 10.1. The first-order chi connectivity index (χ1) is 6.59. The predicted octanol–water partition coefficient (Wildman–Crippen LogP) is 2.88. The van der Waals surface area contributed by atoms with Crippen molar-refractivity contribution in [2.45, 2.75) is 39.8 Å². The Morgan fingerprint density at radius 1 is 1.36 bits per heavy atom. The number of rotatable bonds is 3. The summed E-state index contributed by atoms with van der Waals surface area (Å²) in [6.07, 6.45) is 1.32. The van der Waals surface area contributed by atoms with Crippen molar-refractivity contribution >= 4 is 0 Å². The third-order valence-electron chi connectivity index (χ3n) is 3.31. The van der Waals surface area contributed by atoms with Crippen molar-refractivity contribution in [2.24, 2.45) is 5.41 Å². The largest absolute Gasteiger partial charge is 0.309 e. The summed E-state index contributed by atoms with van der Waals surface area (Å²) in [5.74, 6) is 0. The summed E-state index contributed by atoms with van der Waals surface area (Å²) in [7, 11) is 0. The Bertz CT molecular complexity index is 328. The second-order valence-electron chi connectivity index (χ2n) is 5.05. The molecule has 1 atom stereocenters. The highest BCUT2D eigenvalue weighted by molar-refractivity contribution is 5.25. The van der Waals surface area contributed by atoms with Crippen LogP contribution in [0.5, 0.6) is 0 Å². The number of benzene rings is 1. The van der Waals surface area contributed by atoms with Gasteiger partial charge < -0.3 is 5.32 Å². The fourth-order valence-corrected chi connectivity index (χ4v) is 1.86. The van der Waals surface area contributed by atoms with Gasteiger partial charge in [0.2, 0.25) is 0 Å². The van der Waals surface area contributed by atoms with Gasteiger partial charge >= 0.3 is 0 Å². The van der Waals surface area contributed by atoms with E-state index in [1.54, 1.807) is 0 Å². The topological polar surface area (TPSA) is 12.0 Å². The molecular weight excluding hydrogens is 170 g/mol. The van der Waals surface area contributed by atoms with Crippen LogP contribution >= 0.6 is 0 Å². The molecule has 1 nitrogen and oxygen atoms in total. The number of hydrogen-bond acceptors (Lipinski definition) is 1. The molecule has 1 saturated carbocycles. The van der Waals surface area contributed by atoms with Crippen LogP contribution in [0.25, 0.3) is 0 Å². The quantitative estimate of drug-likeness (QED) is 0.771. The summed E-state index contributed by atoms with van der Waals surface area (Å²) in [6.45, 7) is 7.83. The standard InChI is InChI=1S/C13H19N/c1-10-6-4-5-7-11(10)9-14-12-8-13(12,2)3/h4-7,12,14H,8-9H2,1-3H3. The minimum Gasteiger partial charge on any atom is -0.309 e. The molecule has 1 aromatic rings. The van der Waals surface area contributed by atoms with Crippen LogP contribution in [0.1, 0.15) is 31.4 Å². The fourth-order valence-electron chi connectivity index (χ4n) is 1.86. The molecule has 0 bridgehead atoms. The van der Waals surface area contributed by atoms with Gasteiger partial charge in [0.1, 0.15) is 0 Å². The molecule has 0 radical (unpaired) electrons. The Morgan fingerprint density at radius 2 is 2.00 bits per heavy atom. The zero-order valence-electron chi connectivity index (χ0n) is 9.30. The van der Waals surface area contributed by atoms with Crippen LogP contribution in [0, 0.1) is 12.3 Å². The molecule has 1 aliphatic rings. The Balaban J connectivity index is 1.90. The van der Waals surface area contributed by atoms with Crippen molar-refractivity contribution in [1.29, 1.82) is 0 Å². The maximum absolute atomic E-state index is 3.60. The molecule has 14 heavy (non-hydrogen) atoms. The molecule has 2 rings (SSSR count). The van der Waals surface area contributed by atoms with Gasteiger partial charge in [-0.2, -0.15) is 0 Å². The van der Waals surface area contributed by atoms with E-state index in [1.165, 1.54) is 17.5 Å². The van der Waals surface area contributed by atoms with Crippen LogP contribution in [0.4, 0.5) is 0 Å². The van der Waals surface area contributed by atoms with Crippen LogP contribution in [0.2, 0.25) is 0 Å². The summed E-state index contributed by atoms with van der Waals surface area (Å²) in [4.78, 5) is 0. The Morgan fingerprint density at radius 3 is 2.57 bits per heavy atom. The van der Waals surface area contributed by atoms with E-state index in [1.807, 2.05) is 0 Å². The highest BCUT2D eigenvalue weighted by Gasteiger charge is 2.44. The molecule has 0 saturated heterocycles. The second kappa shape index (κ2) is 3.39. The zero-order valence-corrected chi connectivity index (χ0v) is 9.30. The van der Waals surface area contributed by atoms with Gasteiger partial charge in [0.15, 0.2) is 0 Å². The fraction of sp³-hybridized carbons (Fsp3) is 0.538. The van der Waals surface area contributed by atoms with Crippen LogP contribution in [-0.4, -0.2) is 6.04 Å². The Hall–Kier alpha value is -0.820. The van der Waals surface area contributed by atoms with E-state index in [0.717, 1.165) is 12.6 Å². The van der Waals surface area contributed by atoms with E-state index in [-0.39, 0.29) is 0 Å². The predicted molar refractivity (Wildman–Crippen MR) is 60.2 cm³/mol. The molecule has 0 spiro atoms. The van der Waals surface area contributed by atoms with Gasteiger partial charge in [0.25, 0.3) is 0 Å². The maximum atomic E-state index is 3.60. The van der Waals surface area contributed by atoms with E-state index in [4.69, 9.17) is 0 Å². The van der Waals surface area contributed by atoms with Gasteiger partial charge in [-0.3, -0.25) is 0 Å². The monoisotopic (exact) mass is 189 g/mol. The zero-order chi connectivity index (χ0) is 10.2. The number of nitrogens with one attached hydrogen (secondary N) is 1.